The maximum absolute atomic E-state index is 10.4. The second-order valence-corrected chi connectivity index (χ2v) is 3.32. The van der Waals surface area contributed by atoms with Crippen LogP contribution >= 0.6 is 0 Å². The van der Waals surface area contributed by atoms with Gasteiger partial charge in [-0.05, 0) is 0 Å². The molecule has 0 unspecified atom stereocenters. The van der Waals surface area contributed by atoms with Crippen LogP contribution in [0.15, 0.2) is 0 Å². The molecule has 0 aliphatic rings. The summed E-state index contributed by atoms with van der Waals surface area (Å²) in [5.74, 6) is 0. The lowest BCUT2D eigenvalue weighted by Crippen LogP contribution is -3.00. The standard InChI is InChI=1S/C7H16NO3.BrH/c1-8(2,3)5-6-11-7(9)10-4;/h5-6H2,1-4H3;1H/q+1;/p-1. The van der Waals surface area contributed by atoms with E-state index in [1.165, 1.54) is 7.11 Å². The van der Waals surface area contributed by atoms with Gasteiger partial charge in [0.1, 0.15) is 13.2 Å². The van der Waals surface area contributed by atoms with Crippen molar-refractivity contribution in [3.8, 4) is 0 Å². The van der Waals surface area contributed by atoms with Crippen LogP contribution in [0.25, 0.3) is 0 Å². The highest BCUT2D eigenvalue weighted by molar-refractivity contribution is 5.59. The van der Waals surface area contributed by atoms with Gasteiger partial charge in [-0.25, -0.2) is 4.79 Å². The maximum atomic E-state index is 10.4. The molecule has 0 aliphatic heterocycles. The Morgan fingerprint density at radius 2 is 1.83 bits per heavy atom. The quantitative estimate of drug-likeness (QED) is 0.405. The highest BCUT2D eigenvalue weighted by Crippen LogP contribution is 1.90. The number of quaternary nitrogens is 1. The highest BCUT2D eigenvalue weighted by Gasteiger charge is 2.08. The minimum Gasteiger partial charge on any atom is -1.00 e. The zero-order valence-electron chi connectivity index (χ0n) is 7.96. The Morgan fingerprint density at radius 3 is 2.17 bits per heavy atom. The van der Waals surface area contributed by atoms with Crippen molar-refractivity contribution in [3.63, 3.8) is 0 Å². The van der Waals surface area contributed by atoms with Crippen molar-refractivity contribution in [2.24, 2.45) is 0 Å². The van der Waals surface area contributed by atoms with E-state index in [4.69, 9.17) is 4.74 Å². The monoisotopic (exact) mass is 241 g/mol. The van der Waals surface area contributed by atoms with Crippen LogP contribution in [0.2, 0.25) is 0 Å². The van der Waals surface area contributed by atoms with Gasteiger partial charge in [-0.1, -0.05) is 0 Å². The Morgan fingerprint density at radius 1 is 1.33 bits per heavy atom. The van der Waals surface area contributed by atoms with E-state index < -0.39 is 6.16 Å². The van der Waals surface area contributed by atoms with E-state index in [1.54, 1.807) is 0 Å². The highest BCUT2D eigenvalue weighted by atomic mass is 79.9. The molecule has 0 saturated heterocycles. The number of carbonyl (C=O) groups is 1. The minimum absolute atomic E-state index is 0. The van der Waals surface area contributed by atoms with Crippen molar-refractivity contribution in [1.82, 2.24) is 0 Å². The van der Waals surface area contributed by atoms with Gasteiger partial charge >= 0.3 is 6.16 Å². The molecule has 74 valence electrons. The molecule has 0 rings (SSSR count). The molecule has 0 aromatic rings. The number of likely N-dealkylation sites (N-methyl/N-ethyl adjacent to an activating group) is 1. The smallest absolute Gasteiger partial charge is 0.508 e. The van der Waals surface area contributed by atoms with Crippen molar-refractivity contribution >= 4 is 6.16 Å². The SMILES string of the molecule is COC(=O)OCC[N+](C)(C)C.[Br-]. The summed E-state index contributed by atoms with van der Waals surface area (Å²) in [7, 11) is 7.39. The molecule has 4 nitrogen and oxygen atoms in total. The molecule has 0 atom stereocenters. The number of halogens is 1. The molecule has 0 aromatic heterocycles. The van der Waals surface area contributed by atoms with E-state index in [1.807, 2.05) is 21.1 Å². The molecule has 0 aliphatic carbocycles. The number of ether oxygens (including phenoxy) is 2. The van der Waals surface area contributed by atoms with Crippen LogP contribution in [0.4, 0.5) is 4.79 Å². The summed E-state index contributed by atoms with van der Waals surface area (Å²) in [4.78, 5) is 10.4. The van der Waals surface area contributed by atoms with Crippen LogP contribution in [0.1, 0.15) is 0 Å². The number of hydrogen-bond acceptors (Lipinski definition) is 3. The Balaban J connectivity index is 0. The number of rotatable bonds is 3. The molecule has 0 saturated carbocycles. The first kappa shape index (κ1) is 14.2. The molecule has 0 N–H and O–H groups in total. The first-order chi connectivity index (χ1) is 4.95. The van der Waals surface area contributed by atoms with Gasteiger partial charge in [0.2, 0.25) is 0 Å². The van der Waals surface area contributed by atoms with Crippen molar-refractivity contribution < 1.29 is 35.7 Å². The normalized spacial score (nSPS) is 10.0. The third-order valence-corrected chi connectivity index (χ3v) is 1.15. The van der Waals surface area contributed by atoms with Gasteiger partial charge in [-0.15, -0.1) is 0 Å². The zero-order chi connectivity index (χ0) is 8.91. The molecule has 0 radical (unpaired) electrons. The fourth-order valence-corrected chi connectivity index (χ4v) is 0.462. The second kappa shape index (κ2) is 6.25. The number of nitrogens with zero attached hydrogens (tertiary/aromatic N) is 1. The first-order valence-corrected chi connectivity index (χ1v) is 3.47. The van der Waals surface area contributed by atoms with Crippen LogP contribution < -0.4 is 17.0 Å². The van der Waals surface area contributed by atoms with Crippen molar-refractivity contribution in [3.05, 3.63) is 0 Å². The van der Waals surface area contributed by atoms with E-state index >= 15 is 0 Å². The lowest BCUT2D eigenvalue weighted by atomic mass is 10.5. The van der Waals surface area contributed by atoms with Gasteiger partial charge in [0, 0.05) is 0 Å². The Bertz CT molecular complexity index is 133. The molecule has 0 aromatic carbocycles. The second-order valence-electron chi connectivity index (χ2n) is 3.32. The molecular weight excluding hydrogens is 226 g/mol. The average Bonchev–Trinajstić information content (AvgIpc) is 1.85. The van der Waals surface area contributed by atoms with Crippen LogP contribution in [-0.2, 0) is 9.47 Å². The lowest BCUT2D eigenvalue weighted by molar-refractivity contribution is -0.870. The molecule has 0 heterocycles. The third-order valence-electron chi connectivity index (χ3n) is 1.15. The topological polar surface area (TPSA) is 35.5 Å². The Labute approximate surface area is 83.8 Å². The van der Waals surface area contributed by atoms with Crippen LogP contribution in [0.5, 0.6) is 0 Å². The Kier molecular flexibility index (Phi) is 7.42. The van der Waals surface area contributed by atoms with Crippen molar-refractivity contribution in [1.29, 1.82) is 0 Å². The molecule has 0 fully saturated rings. The third kappa shape index (κ3) is 9.71. The fourth-order valence-electron chi connectivity index (χ4n) is 0.462. The number of hydrogen-bond donors (Lipinski definition) is 0. The summed E-state index contributed by atoms with van der Waals surface area (Å²) in [6, 6.07) is 0. The predicted molar refractivity (Wildman–Crippen MR) is 41.3 cm³/mol. The lowest BCUT2D eigenvalue weighted by Gasteiger charge is -2.22. The van der Waals surface area contributed by atoms with Gasteiger partial charge < -0.3 is 30.9 Å². The maximum Gasteiger partial charge on any atom is 0.508 e. The number of carbonyl (C=O) groups excluding carboxylic acids is 1. The molecule has 0 spiro atoms. The zero-order valence-corrected chi connectivity index (χ0v) is 9.55. The van der Waals surface area contributed by atoms with E-state index in [9.17, 15) is 4.79 Å². The fraction of sp³-hybridized carbons (Fsp3) is 0.857. The largest absolute Gasteiger partial charge is 1.00 e. The van der Waals surface area contributed by atoms with Crippen LogP contribution in [-0.4, -0.2) is 52.0 Å². The van der Waals surface area contributed by atoms with E-state index in [-0.39, 0.29) is 17.0 Å². The minimum atomic E-state index is -0.613. The molecular formula is C7H16BrNO3. The summed E-state index contributed by atoms with van der Waals surface area (Å²) in [6.45, 7) is 1.19. The van der Waals surface area contributed by atoms with Crippen LogP contribution in [0, 0.1) is 0 Å². The van der Waals surface area contributed by atoms with Crippen molar-refractivity contribution in [2.45, 2.75) is 0 Å². The van der Waals surface area contributed by atoms with Crippen LogP contribution in [0.3, 0.4) is 0 Å². The first-order valence-electron chi connectivity index (χ1n) is 3.47. The van der Waals surface area contributed by atoms with E-state index in [0.717, 1.165) is 11.0 Å². The summed E-state index contributed by atoms with van der Waals surface area (Å²) in [6.07, 6.45) is -0.613. The van der Waals surface area contributed by atoms with Gasteiger partial charge in [0.15, 0.2) is 0 Å². The average molecular weight is 242 g/mol. The van der Waals surface area contributed by atoms with E-state index in [0.29, 0.717) is 6.61 Å². The van der Waals surface area contributed by atoms with Gasteiger partial charge in [-0.3, -0.25) is 0 Å². The molecule has 0 bridgehead atoms. The number of methoxy groups -OCH3 is 1. The Hall–Kier alpha value is -0.290. The van der Waals surface area contributed by atoms with Gasteiger partial charge in [0.05, 0.1) is 28.3 Å². The van der Waals surface area contributed by atoms with E-state index in [2.05, 4.69) is 4.74 Å². The van der Waals surface area contributed by atoms with Gasteiger partial charge in [-0.2, -0.15) is 0 Å². The summed E-state index contributed by atoms with van der Waals surface area (Å²) < 4.78 is 9.76. The van der Waals surface area contributed by atoms with Gasteiger partial charge in [0.25, 0.3) is 0 Å². The van der Waals surface area contributed by atoms with Crippen molar-refractivity contribution in [2.75, 3.05) is 41.4 Å². The molecule has 5 heteroatoms. The molecule has 0 amide bonds. The summed E-state index contributed by atoms with van der Waals surface area (Å²) in [5.41, 5.74) is 0. The summed E-state index contributed by atoms with van der Waals surface area (Å²) in [5, 5.41) is 0. The summed E-state index contributed by atoms with van der Waals surface area (Å²) >= 11 is 0. The molecule has 12 heavy (non-hydrogen) atoms. The predicted octanol–water partition coefficient (Wildman–Crippen LogP) is -2.52.